The van der Waals surface area contributed by atoms with Crippen molar-refractivity contribution in [1.82, 2.24) is 20.0 Å². The van der Waals surface area contributed by atoms with Gasteiger partial charge in [-0.1, -0.05) is 71.5 Å². The third-order valence-corrected chi connectivity index (χ3v) is 5.97. The number of hydrogen-bond acceptors (Lipinski definition) is 5. The van der Waals surface area contributed by atoms with Crippen molar-refractivity contribution in [3.05, 3.63) is 102 Å². The number of carbonyl (C=O) groups excluding carboxylic acids is 1. The van der Waals surface area contributed by atoms with Gasteiger partial charge >= 0.3 is 0 Å². The molecule has 5 rings (SSSR count). The predicted molar refractivity (Wildman–Crippen MR) is 127 cm³/mol. The van der Waals surface area contributed by atoms with Gasteiger partial charge in [0.1, 0.15) is 16.5 Å². The van der Waals surface area contributed by atoms with Gasteiger partial charge < -0.3 is 5.32 Å². The average Bonchev–Trinajstić information content (AvgIpc) is 3.48. The van der Waals surface area contributed by atoms with E-state index < -0.39 is 0 Å². The molecule has 0 spiro atoms. The fraction of sp³-hybridized carbons (Fsp3) is 0. The van der Waals surface area contributed by atoms with Gasteiger partial charge in [0.2, 0.25) is 0 Å². The molecule has 2 heterocycles. The van der Waals surface area contributed by atoms with Crippen molar-refractivity contribution in [2.24, 2.45) is 0 Å². The molecular weight excluding hydrogens is 442 g/mol. The summed E-state index contributed by atoms with van der Waals surface area (Å²) in [4.78, 5) is 12.8. The van der Waals surface area contributed by atoms with Crippen molar-refractivity contribution in [1.29, 1.82) is 0 Å². The van der Waals surface area contributed by atoms with E-state index in [0.717, 1.165) is 16.3 Å². The molecule has 32 heavy (non-hydrogen) atoms. The maximum Gasteiger partial charge on any atom is 0.256 e. The molecule has 2 aromatic heterocycles. The van der Waals surface area contributed by atoms with Crippen molar-refractivity contribution < 1.29 is 4.79 Å². The second-order valence-corrected chi connectivity index (χ2v) is 8.32. The average molecular weight is 458 g/mol. The third kappa shape index (κ3) is 4.16. The number of amides is 1. The zero-order valence-corrected chi connectivity index (χ0v) is 18.2. The fourth-order valence-corrected chi connectivity index (χ4v) is 4.09. The van der Waals surface area contributed by atoms with E-state index in [1.165, 1.54) is 11.3 Å². The number of benzene rings is 3. The molecule has 156 valence electrons. The van der Waals surface area contributed by atoms with Crippen LogP contribution in [0, 0.1) is 0 Å². The highest BCUT2D eigenvalue weighted by atomic mass is 35.5. The molecule has 5 aromatic rings. The molecule has 0 aliphatic rings. The minimum Gasteiger partial charge on any atom is -0.306 e. The summed E-state index contributed by atoms with van der Waals surface area (Å²) in [6, 6.07) is 27.9. The zero-order chi connectivity index (χ0) is 21.9. The van der Waals surface area contributed by atoms with Crippen LogP contribution in [-0.4, -0.2) is 25.9 Å². The molecule has 0 unspecified atom stereocenters. The van der Waals surface area contributed by atoms with E-state index >= 15 is 0 Å². The Balaban J connectivity index is 1.53. The highest BCUT2D eigenvalue weighted by Gasteiger charge is 2.18. The van der Waals surface area contributed by atoms with Crippen molar-refractivity contribution in [2.45, 2.75) is 0 Å². The Kier molecular flexibility index (Phi) is 5.49. The van der Waals surface area contributed by atoms with Gasteiger partial charge in [0.15, 0.2) is 5.01 Å². The summed E-state index contributed by atoms with van der Waals surface area (Å²) >= 11 is 7.49. The van der Waals surface area contributed by atoms with Crippen molar-refractivity contribution in [3.8, 4) is 27.0 Å². The maximum absolute atomic E-state index is 12.8. The highest BCUT2D eigenvalue weighted by Crippen LogP contribution is 2.31. The number of halogens is 1. The molecule has 0 radical (unpaired) electrons. The van der Waals surface area contributed by atoms with Crippen LogP contribution >= 0.6 is 22.9 Å². The van der Waals surface area contributed by atoms with Gasteiger partial charge in [0.05, 0.1) is 5.69 Å². The molecule has 3 aromatic carbocycles. The standard InChI is InChI=1S/C24H16ClN5OS/c25-18-11-13-19(14-12-18)30-21(26-22(31)16-7-3-1-4-8-16)15-20(29-30)24-28-27-23(32-24)17-9-5-2-6-10-17/h1-15H,(H,26,31). The van der Waals surface area contributed by atoms with Gasteiger partial charge in [0.25, 0.3) is 5.91 Å². The van der Waals surface area contributed by atoms with Crippen LogP contribution in [0.1, 0.15) is 10.4 Å². The lowest BCUT2D eigenvalue weighted by Gasteiger charge is -2.09. The molecule has 0 fully saturated rings. The van der Waals surface area contributed by atoms with E-state index in [1.54, 1.807) is 35.0 Å². The second kappa shape index (κ2) is 8.74. The second-order valence-electron chi connectivity index (χ2n) is 6.90. The van der Waals surface area contributed by atoms with Crippen molar-refractivity contribution in [3.63, 3.8) is 0 Å². The van der Waals surface area contributed by atoms with E-state index in [1.807, 2.05) is 60.7 Å². The summed E-state index contributed by atoms with van der Waals surface area (Å²) in [5.41, 5.74) is 2.92. The molecule has 0 aliphatic carbocycles. The Morgan fingerprint density at radius 3 is 2.22 bits per heavy atom. The minimum atomic E-state index is -0.227. The number of anilines is 1. The molecule has 6 nitrogen and oxygen atoms in total. The topological polar surface area (TPSA) is 72.7 Å². The lowest BCUT2D eigenvalue weighted by atomic mass is 10.2. The first kappa shape index (κ1) is 20.1. The summed E-state index contributed by atoms with van der Waals surface area (Å²) in [5.74, 6) is 0.294. The Morgan fingerprint density at radius 2 is 1.50 bits per heavy atom. The Morgan fingerprint density at radius 1 is 0.844 bits per heavy atom. The van der Waals surface area contributed by atoms with Crippen molar-refractivity contribution in [2.75, 3.05) is 5.32 Å². The highest BCUT2D eigenvalue weighted by molar-refractivity contribution is 7.17. The number of rotatable bonds is 5. The molecule has 0 saturated heterocycles. The number of nitrogens with zero attached hydrogens (tertiary/aromatic N) is 4. The van der Waals surface area contributed by atoms with E-state index in [2.05, 4.69) is 15.5 Å². The number of nitrogens with one attached hydrogen (secondary N) is 1. The van der Waals surface area contributed by atoms with E-state index in [9.17, 15) is 4.79 Å². The number of carbonyl (C=O) groups is 1. The van der Waals surface area contributed by atoms with Crippen LogP contribution in [0.2, 0.25) is 5.02 Å². The number of aromatic nitrogens is 4. The Bertz CT molecular complexity index is 1360. The molecular formula is C24H16ClN5OS. The van der Waals surface area contributed by atoms with Crippen LogP contribution in [-0.2, 0) is 0 Å². The Labute approximate surface area is 193 Å². The van der Waals surface area contributed by atoms with Gasteiger partial charge in [-0.05, 0) is 36.4 Å². The van der Waals surface area contributed by atoms with E-state index in [-0.39, 0.29) is 5.91 Å². The first-order valence-corrected chi connectivity index (χ1v) is 11.0. The monoisotopic (exact) mass is 457 g/mol. The summed E-state index contributed by atoms with van der Waals surface area (Å²) in [6.07, 6.45) is 0. The van der Waals surface area contributed by atoms with Gasteiger partial charge in [-0.2, -0.15) is 5.10 Å². The molecule has 0 aliphatic heterocycles. The summed E-state index contributed by atoms with van der Waals surface area (Å²) in [7, 11) is 0. The zero-order valence-electron chi connectivity index (χ0n) is 16.6. The normalized spacial score (nSPS) is 10.8. The summed E-state index contributed by atoms with van der Waals surface area (Å²) in [5, 5.41) is 18.4. The SMILES string of the molecule is O=C(Nc1cc(-c2nnc(-c3ccccc3)s2)nn1-c1ccc(Cl)cc1)c1ccccc1. The predicted octanol–water partition coefficient (Wildman–Crippen LogP) is 5.96. The van der Waals surface area contributed by atoms with E-state index in [4.69, 9.17) is 16.7 Å². The molecule has 1 amide bonds. The molecule has 0 bridgehead atoms. The number of hydrogen-bond donors (Lipinski definition) is 1. The fourth-order valence-electron chi connectivity index (χ4n) is 3.16. The maximum atomic E-state index is 12.8. The smallest absolute Gasteiger partial charge is 0.256 e. The Hall–Kier alpha value is -3.81. The quantitative estimate of drug-likeness (QED) is 0.353. The summed E-state index contributed by atoms with van der Waals surface area (Å²) in [6.45, 7) is 0. The van der Waals surface area contributed by atoms with Crippen LogP contribution in [0.5, 0.6) is 0 Å². The van der Waals surface area contributed by atoms with Gasteiger partial charge in [0, 0.05) is 22.2 Å². The van der Waals surface area contributed by atoms with Crippen LogP contribution in [0.3, 0.4) is 0 Å². The molecule has 8 heteroatoms. The first-order valence-electron chi connectivity index (χ1n) is 9.79. The minimum absolute atomic E-state index is 0.227. The van der Waals surface area contributed by atoms with Crippen LogP contribution in [0.25, 0.3) is 27.0 Å². The third-order valence-electron chi connectivity index (χ3n) is 4.72. The van der Waals surface area contributed by atoms with Gasteiger partial charge in [-0.25, -0.2) is 4.68 Å². The van der Waals surface area contributed by atoms with Crippen LogP contribution < -0.4 is 5.32 Å². The molecule has 0 saturated carbocycles. The lowest BCUT2D eigenvalue weighted by Crippen LogP contribution is -2.15. The largest absolute Gasteiger partial charge is 0.306 e. The molecule has 1 N–H and O–H groups in total. The van der Waals surface area contributed by atoms with Crippen LogP contribution in [0.4, 0.5) is 5.82 Å². The van der Waals surface area contributed by atoms with Crippen LogP contribution in [0.15, 0.2) is 91.0 Å². The van der Waals surface area contributed by atoms with E-state index in [0.29, 0.717) is 27.1 Å². The van der Waals surface area contributed by atoms with Gasteiger partial charge in [-0.3, -0.25) is 4.79 Å². The lowest BCUT2D eigenvalue weighted by molar-refractivity contribution is 0.102. The van der Waals surface area contributed by atoms with Crippen molar-refractivity contribution >= 4 is 34.7 Å². The first-order chi connectivity index (χ1) is 15.7. The molecule has 0 atom stereocenters. The summed E-state index contributed by atoms with van der Waals surface area (Å²) < 4.78 is 1.66. The van der Waals surface area contributed by atoms with Gasteiger partial charge in [-0.15, -0.1) is 10.2 Å².